The van der Waals surface area contributed by atoms with Crippen LogP contribution in [0.5, 0.6) is 0 Å². The maximum absolute atomic E-state index is 4.90. The van der Waals surface area contributed by atoms with Crippen LogP contribution in [0.15, 0.2) is 73.2 Å². The molecule has 6 aromatic rings. The van der Waals surface area contributed by atoms with E-state index >= 15 is 0 Å². The van der Waals surface area contributed by atoms with Gasteiger partial charge in [0.2, 0.25) is 0 Å². The second-order valence-corrected chi connectivity index (χ2v) is 7.37. The number of hydrogen-bond acceptors (Lipinski definition) is 3. The molecule has 0 atom stereocenters. The van der Waals surface area contributed by atoms with Gasteiger partial charge in [-0.3, -0.25) is 9.38 Å². The van der Waals surface area contributed by atoms with Crippen molar-refractivity contribution in [1.29, 1.82) is 0 Å². The van der Waals surface area contributed by atoms with Crippen molar-refractivity contribution in [3.05, 3.63) is 84.3 Å². The van der Waals surface area contributed by atoms with Gasteiger partial charge in [0.15, 0.2) is 5.65 Å². The Morgan fingerprint density at radius 1 is 0.786 bits per heavy atom. The van der Waals surface area contributed by atoms with Crippen LogP contribution < -0.4 is 0 Å². The minimum atomic E-state index is 0.765. The first-order valence-corrected chi connectivity index (χ1v) is 9.43. The number of benzene rings is 2. The summed E-state index contributed by atoms with van der Waals surface area (Å²) in [6.07, 6.45) is 6.60. The van der Waals surface area contributed by atoms with E-state index in [0.717, 1.165) is 34.1 Å². The van der Waals surface area contributed by atoms with Gasteiger partial charge >= 0.3 is 0 Å². The summed E-state index contributed by atoms with van der Waals surface area (Å²) in [6.45, 7) is 0. The smallest absolute Gasteiger partial charge is 0.178 e. The van der Waals surface area contributed by atoms with Gasteiger partial charge in [-0.15, -0.1) is 0 Å². The quantitative estimate of drug-likeness (QED) is 0.352. The molecule has 0 spiro atoms. The van der Waals surface area contributed by atoms with Gasteiger partial charge in [-0.1, -0.05) is 36.4 Å². The van der Waals surface area contributed by atoms with Gasteiger partial charge in [0, 0.05) is 28.6 Å². The van der Waals surface area contributed by atoms with Gasteiger partial charge in [-0.2, -0.15) is 0 Å². The van der Waals surface area contributed by atoms with Crippen LogP contribution >= 0.6 is 0 Å². The Bertz CT molecular complexity index is 1590. The highest BCUT2D eigenvalue weighted by molar-refractivity contribution is 6.20. The van der Waals surface area contributed by atoms with Crippen molar-refractivity contribution in [3.8, 4) is 11.1 Å². The lowest BCUT2D eigenvalue weighted by Crippen LogP contribution is -1.94. The molecule has 4 heterocycles. The molecule has 0 amide bonds. The van der Waals surface area contributed by atoms with E-state index in [1.807, 2.05) is 18.5 Å². The van der Waals surface area contributed by atoms with E-state index in [4.69, 9.17) is 4.98 Å². The molecule has 4 nitrogen and oxygen atoms in total. The lowest BCUT2D eigenvalue weighted by atomic mass is 9.96. The molecule has 0 bridgehead atoms. The van der Waals surface area contributed by atoms with Crippen LogP contribution in [0.3, 0.4) is 0 Å². The van der Waals surface area contributed by atoms with E-state index in [1.165, 1.54) is 33.0 Å². The monoisotopic (exact) mass is 358 g/mol. The summed E-state index contributed by atoms with van der Waals surface area (Å²) in [7, 11) is 0. The highest BCUT2D eigenvalue weighted by Gasteiger charge is 2.24. The van der Waals surface area contributed by atoms with E-state index in [9.17, 15) is 0 Å². The summed E-state index contributed by atoms with van der Waals surface area (Å²) in [5.74, 6) is 0. The number of imidazole rings is 1. The molecule has 0 aliphatic heterocycles. The van der Waals surface area contributed by atoms with Crippen molar-refractivity contribution >= 4 is 38.5 Å². The van der Waals surface area contributed by atoms with Gasteiger partial charge in [-0.05, 0) is 46.9 Å². The van der Waals surface area contributed by atoms with E-state index < -0.39 is 0 Å². The standard InChI is InChI=1S/C24H14N4/c1-2-5-16-14(4-1)12-15-7-8-18-22(21(15)16)17-9-11-25-13-20(17)28-19-6-3-10-26-23(19)27-24(18)28/h1-11,13H,12H2. The predicted octanol–water partition coefficient (Wildman–Crippen LogP) is 5.16. The number of fused-ring (bicyclic) bond motifs is 12. The summed E-state index contributed by atoms with van der Waals surface area (Å²) in [5.41, 5.74) is 9.23. The first-order chi connectivity index (χ1) is 13.9. The van der Waals surface area contributed by atoms with Gasteiger partial charge in [0.1, 0.15) is 5.65 Å². The van der Waals surface area contributed by atoms with Gasteiger partial charge < -0.3 is 0 Å². The Morgan fingerprint density at radius 2 is 1.75 bits per heavy atom. The van der Waals surface area contributed by atoms with Crippen molar-refractivity contribution in [2.75, 3.05) is 0 Å². The van der Waals surface area contributed by atoms with Gasteiger partial charge in [-0.25, -0.2) is 9.97 Å². The average Bonchev–Trinajstić information content (AvgIpc) is 3.32. The fourth-order valence-electron chi connectivity index (χ4n) is 4.80. The summed E-state index contributed by atoms with van der Waals surface area (Å²) in [5, 5.41) is 3.63. The topological polar surface area (TPSA) is 43.1 Å². The number of hydrogen-bond donors (Lipinski definition) is 0. The first kappa shape index (κ1) is 14.3. The van der Waals surface area contributed by atoms with Crippen LogP contribution in [-0.2, 0) is 6.42 Å². The zero-order valence-electron chi connectivity index (χ0n) is 14.9. The first-order valence-electron chi connectivity index (χ1n) is 9.43. The maximum Gasteiger partial charge on any atom is 0.178 e. The second kappa shape index (κ2) is 4.93. The lowest BCUT2D eigenvalue weighted by Gasteiger charge is -2.13. The van der Waals surface area contributed by atoms with Crippen LogP contribution in [0.1, 0.15) is 11.1 Å². The number of aromatic nitrogens is 4. The summed E-state index contributed by atoms with van der Waals surface area (Å²) < 4.78 is 2.19. The van der Waals surface area contributed by atoms with Crippen molar-refractivity contribution in [2.45, 2.75) is 6.42 Å². The van der Waals surface area contributed by atoms with E-state index in [0.29, 0.717) is 0 Å². The third kappa shape index (κ3) is 1.63. The number of pyridine rings is 3. The Balaban J connectivity index is 1.82. The molecule has 4 aromatic heterocycles. The second-order valence-electron chi connectivity index (χ2n) is 7.37. The fraction of sp³-hybridized carbons (Fsp3) is 0.0417. The molecular formula is C24H14N4. The molecule has 28 heavy (non-hydrogen) atoms. The van der Waals surface area contributed by atoms with Gasteiger partial charge in [0.25, 0.3) is 0 Å². The molecule has 1 aliphatic carbocycles. The zero-order chi connectivity index (χ0) is 18.2. The molecule has 130 valence electrons. The summed E-state index contributed by atoms with van der Waals surface area (Å²) in [4.78, 5) is 13.8. The van der Waals surface area contributed by atoms with Crippen LogP contribution in [0.25, 0.3) is 49.6 Å². The molecule has 0 radical (unpaired) electrons. The average molecular weight is 358 g/mol. The summed E-state index contributed by atoms with van der Waals surface area (Å²) in [6, 6.07) is 19.4. The number of nitrogens with zero attached hydrogens (tertiary/aromatic N) is 4. The van der Waals surface area contributed by atoms with Crippen LogP contribution in [0.2, 0.25) is 0 Å². The molecule has 7 rings (SSSR count). The molecule has 1 aliphatic rings. The maximum atomic E-state index is 4.90. The molecular weight excluding hydrogens is 344 g/mol. The van der Waals surface area contributed by atoms with E-state index in [1.54, 1.807) is 6.20 Å². The van der Waals surface area contributed by atoms with Crippen molar-refractivity contribution < 1.29 is 0 Å². The molecule has 0 N–H and O–H groups in total. The van der Waals surface area contributed by atoms with Crippen LogP contribution in [0.4, 0.5) is 0 Å². The molecule has 0 saturated carbocycles. The predicted molar refractivity (Wildman–Crippen MR) is 112 cm³/mol. The van der Waals surface area contributed by atoms with E-state index in [2.05, 4.69) is 62.9 Å². The van der Waals surface area contributed by atoms with Crippen molar-refractivity contribution in [1.82, 2.24) is 19.4 Å². The minimum Gasteiger partial charge on any atom is -0.288 e. The SMILES string of the molecule is c1ccc2c(c1)Cc1ccc3c(c1-2)c1ccncc1n1c2cccnc2nc31. The largest absolute Gasteiger partial charge is 0.288 e. The third-order valence-corrected chi connectivity index (χ3v) is 5.94. The molecule has 0 fully saturated rings. The molecule has 0 saturated heterocycles. The number of rotatable bonds is 0. The Morgan fingerprint density at radius 3 is 2.75 bits per heavy atom. The van der Waals surface area contributed by atoms with Crippen LogP contribution in [-0.4, -0.2) is 19.4 Å². The van der Waals surface area contributed by atoms with Gasteiger partial charge in [0.05, 0.1) is 17.2 Å². The molecule has 4 heteroatoms. The van der Waals surface area contributed by atoms with Crippen molar-refractivity contribution in [3.63, 3.8) is 0 Å². The normalized spacial score (nSPS) is 12.9. The fourth-order valence-corrected chi connectivity index (χ4v) is 4.80. The molecule has 0 unspecified atom stereocenters. The third-order valence-electron chi connectivity index (χ3n) is 5.94. The summed E-state index contributed by atoms with van der Waals surface area (Å²) >= 11 is 0. The van der Waals surface area contributed by atoms with Crippen LogP contribution in [0, 0.1) is 0 Å². The Labute approximate surface area is 160 Å². The minimum absolute atomic E-state index is 0.765. The highest BCUT2D eigenvalue weighted by Crippen LogP contribution is 2.44. The highest BCUT2D eigenvalue weighted by atomic mass is 15.1. The Kier molecular flexibility index (Phi) is 2.51. The molecule has 2 aromatic carbocycles. The van der Waals surface area contributed by atoms with Crippen molar-refractivity contribution in [2.24, 2.45) is 0 Å². The van der Waals surface area contributed by atoms with E-state index in [-0.39, 0.29) is 0 Å². The lowest BCUT2D eigenvalue weighted by molar-refractivity contribution is 1.26. The zero-order valence-corrected chi connectivity index (χ0v) is 14.9. The Hall–Kier alpha value is -3.79.